The first-order valence-electron chi connectivity index (χ1n) is 8.10. The summed E-state index contributed by atoms with van der Waals surface area (Å²) in [6, 6.07) is 12.4. The third-order valence-electron chi connectivity index (χ3n) is 3.63. The fraction of sp³-hybridized carbons (Fsp3) is 0.105. The molecule has 0 aliphatic carbocycles. The minimum absolute atomic E-state index is 0.296. The van der Waals surface area contributed by atoms with Crippen LogP contribution in [0.25, 0.3) is 10.1 Å². The fourth-order valence-electron chi connectivity index (χ4n) is 2.32. The Morgan fingerprint density at radius 1 is 1.07 bits per heavy atom. The molecule has 9 heteroatoms. The van der Waals surface area contributed by atoms with Crippen LogP contribution in [0.2, 0.25) is 5.02 Å². The summed E-state index contributed by atoms with van der Waals surface area (Å²) in [6.07, 6.45) is 0. The Morgan fingerprint density at radius 3 is 2.50 bits per heavy atom. The Hall–Kier alpha value is -2.97. The highest BCUT2D eigenvalue weighted by atomic mass is 35.5. The molecule has 6 nitrogen and oxygen atoms in total. The van der Waals surface area contributed by atoms with Crippen LogP contribution in [0.3, 0.4) is 0 Å². The molecule has 1 aromatic heterocycles. The second kappa shape index (κ2) is 8.81. The number of nitrogens with one attached hydrogen (secondary N) is 2. The smallest absolute Gasteiger partial charge is 0.325 e. The second-order valence-corrected chi connectivity index (χ2v) is 7.07. The van der Waals surface area contributed by atoms with Crippen molar-refractivity contribution < 1.29 is 23.5 Å². The summed E-state index contributed by atoms with van der Waals surface area (Å²) in [4.78, 5) is 36.0. The van der Waals surface area contributed by atoms with Gasteiger partial charge in [-0.15, -0.1) is 11.3 Å². The summed E-state index contributed by atoms with van der Waals surface area (Å²) in [5.74, 6) is -2.29. The minimum atomic E-state index is -0.778. The van der Waals surface area contributed by atoms with Crippen LogP contribution < -0.4 is 10.6 Å². The van der Waals surface area contributed by atoms with Crippen LogP contribution in [0.4, 0.5) is 10.1 Å². The summed E-state index contributed by atoms with van der Waals surface area (Å²) in [5, 5.41) is 5.96. The minimum Gasteiger partial charge on any atom is -0.454 e. The van der Waals surface area contributed by atoms with Gasteiger partial charge in [0.25, 0.3) is 11.8 Å². The first-order valence-corrected chi connectivity index (χ1v) is 9.30. The molecule has 0 atom stereocenters. The van der Waals surface area contributed by atoms with Crippen molar-refractivity contribution in [3.63, 3.8) is 0 Å². The van der Waals surface area contributed by atoms with Crippen molar-refractivity contribution in [3.05, 3.63) is 64.2 Å². The van der Waals surface area contributed by atoms with Crippen LogP contribution in [0.15, 0.2) is 48.5 Å². The molecule has 0 saturated heterocycles. The number of anilines is 1. The molecule has 1 heterocycles. The maximum atomic E-state index is 12.8. The molecule has 0 saturated carbocycles. The molecule has 2 N–H and O–H groups in total. The Kier molecular flexibility index (Phi) is 6.23. The van der Waals surface area contributed by atoms with Crippen LogP contribution >= 0.6 is 22.9 Å². The number of amides is 2. The molecule has 0 spiro atoms. The monoisotopic (exact) mass is 420 g/mol. The summed E-state index contributed by atoms with van der Waals surface area (Å²) < 4.78 is 18.5. The Bertz CT molecular complexity index is 1040. The van der Waals surface area contributed by atoms with E-state index in [4.69, 9.17) is 16.3 Å². The highest BCUT2D eigenvalue weighted by Crippen LogP contribution is 2.34. The highest BCUT2D eigenvalue weighted by Gasteiger charge is 2.18. The second-order valence-electron chi connectivity index (χ2n) is 5.64. The molecule has 2 aromatic carbocycles. The number of thiophene rings is 1. The summed E-state index contributed by atoms with van der Waals surface area (Å²) in [5.41, 5.74) is 0.371. The lowest BCUT2D eigenvalue weighted by Crippen LogP contribution is -2.32. The van der Waals surface area contributed by atoms with Crippen molar-refractivity contribution in [1.82, 2.24) is 5.32 Å². The van der Waals surface area contributed by atoms with Crippen LogP contribution in [0, 0.1) is 5.82 Å². The topological polar surface area (TPSA) is 84.5 Å². The number of hydrogen-bond acceptors (Lipinski definition) is 5. The standard InChI is InChI=1S/C19H14ClFN2O4S/c20-17-13-3-1-2-4-14(13)28-18(17)19(26)22-9-16(25)27-10-15(24)23-12-7-5-11(21)6-8-12/h1-8H,9-10H2,(H,22,26)(H,23,24). The Labute approximate surface area is 168 Å². The van der Waals surface area contributed by atoms with E-state index in [1.54, 1.807) is 6.07 Å². The van der Waals surface area contributed by atoms with Crippen molar-refractivity contribution >= 4 is 56.5 Å². The van der Waals surface area contributed by atoms with Crippen molar-refractivity contribution in [2.45, 2.75) is 0 Å². The van der Waals surface area contributed by atoms with E-state index in [1.165, 1.54) is 35.6 Å². The lowest BCUT2D eigenvalue weighted by molar-refractivity contribution is -0.146. The maximum Gasteiger partial charge on any atom is 0.325 e. The van der Waals surface area contributed by atoms with Gasteiger partial charge < -0.3 is 15.4 Å². The molecule has 3 aromatic rings. The molecule has 2 amide bonds. The van der Waals surface area contributed by atoms with Gasteiger partial charge in [-0.05, 0) is 30.3 Å². The first-order chi connectivity index (χ1) is 13.4. The molecule has 0 unspecified atom stereocenters. The zero-order valence-electron chi connectivity index (χ0n) is 14.3. The summed E-state index contributed by atoms with van der Waals surface area (Å²) in [6.45, 7) is -0.942. The van der Waals surface area contributed by atoms with E-state index in [1.807, 2.05) is 18.2 Å². The van der Waals surface area contributed by atoms with Crippen molar-refractivity contribution in [2.24, 2.45) is 0 Å². The van der Waals surface area contributed by atoms with E-state index in [9.17, 15) is 18.8 Å². The van der Waals surface area contributed by atoms with Crippen molar-refractivity contribution in [2.75, 3.05) is 18.5 Å². The zero-order valence-corrected chi connectivity index (χ0v) is 15.9. The summed E-state index contributed by atoms with van der Waals surface area (Å²) >= 11 is 7.43. The molecule has 0 aliphatic rings. The molecule has 28 heavy (non-hydrogen) atoms. The SMILES string of the molecule is O=C(COC(=O)CNC(=O)c1sc2ccccc2c1Cl)Nc1ccc(F)cc1. The fourth-order valence-corrected chi connectivity index (χ4v) is 3.75. The first kappa shape index (κ1) is 19.8. The number of fused-ring (bicyclic) bond motifs is 1. The molecule has 144 valence electrons. The third kappa shape index (κ3) is 4.85. The lowest BCUT2D eigenvalue weighted by atomic mass is 10.2. The molecule has 0 aliphatic heterocycles. The Morgan fingerprint density at radius 2 is 1.79 bits per heavy atom. The number of ether oxygens (including phenoxy) is 1. The van der Waals surface area contributed by atoms with Crippen LogP contribution in [-0.2, 0) is 14.3 Å². The Balaban J connectivity index is 1.47. The van der Waals surface area contributed by atoms with E-state index >= 15 is 0 Å². The molecule has 3 rings (SSSR count). The van der Waals surface area contributed by atoms with Crippen LogP contribution in [-0.4, -0.2) is 30.9 Å². The van der Waals surface area contributed by atoms with E-state index in [0.29, 0.717) is 15.6 Å². The largest absolute Gasteiger partial charge is 0.454 e. The number of carbonyl (C=O) groups excluding carboxylic acids is 3. The van der Waals surface area contributed by atoms with Crippen LogP contribution in [0.1, 0.15) is 9.67 Å². The van der Waals surface area contributed by atoms with E-state index in [2.05, 4.69) is 10.6 Å². The number of hydrogen-bond donors (Lipinski definition) is 2. The third-order valence-corrected chi connectivity index (χ3v) is 5.30. The van der Waals surface area contributed by atoms with Gasteiger partial charge in [0.05, 0.1) is 5.02 Å². The maximum absolute atomic E-state index is 12.8. The molecule has 0 bridgehead atoms. The number of rotatable bonds is 6. The number of esters is 1. The van der Waals surface area contributed by atoms with E-state index < -0.39 is 36.8 Å². The quantitative estimate of drug-likeness (QED) is 0.597. The van der Waals surface area contributed by atoms with Gasteiger partial charge in [-0.2, -0.15) is 0 Å². The van der Waals surface area contributed by atoms with Crippen molar-refractivity contribution in [1.29, 1.82) is 0 Å². The van der Waals surface area contributed by atoms with Gasteiger partial charge in [-0.3, -0.25) is 14.4 Å². The van der Waals surface area contributed by atoms with Gasteiger partial charge in [0.1, 0.15) is 17.2 Å². The predicted octanol–water partition coefficient (Wildman–Crippen LogP) is 3.61. The van der Waals surface area contributed by atoms with Gasteiger partial charge >= 0.3 is 5.97 Å². The zero-order chi connectivity index (χ0) is 20.1. The van der Waals surface area contributed by atoms with Gasteiger partial charge in [0, 0.05) is 15.8 Å². The van der Waals surface area contributed by atoms with E-state index in [-0.39, 0.29) is 0 Å². The van der Waals surface area contributed by atoms with Gasteiger partial charge in [0.2, 0.25) is 0 Å². The summed E-state index contributed by atoms with van der Waals surface area (Å²) in [7, 11) is 0. The van der Waals surface area contributed by atoms with Crippen molar-refractivity contribution in [3.8, 4) is 0 Å². The van der Waals surface area contributed by atoms with Crippen LogP contribution in [0.5, 0.6) is 0 Å². The number of benzene rings is 2. The van der Waals surface area contributed by atoms with Gasteiger partial charge in [-0.25, -0.2) is 4.39 Å². The molecule has 0 radical (unpaired) electrons. The average molecular weight is 421 g/mol. The van der Waals surface area contributed by atoms with E-state index in [0.717, 1.165) is 10.1 Å². The molecular weight excluding hydrogens is 407 g/mol. The number of halogens is 2. The average Bonchev–Trinajstić information content (AvgIpc) is 3.03. The van der Waals surface area contributed by atoms with Gasteiger partial charge in [-0.1, -0.05) is 29.8 Å². The highest BCUT2D eigenvalue weighted by molar-refractivity contribution is 7.21. The molecule has 0 fully saturated rings. The normalized spacial score (nSPS) is 10.5. The molecular formula is C19H14ClFN2O4S. The predicted molar refractivity (Wildman–Crippen MR) is 105 cm³/mol. The lowest BCUT2D eigenvalue weighted by Gasteiger charge is -2.07. The van der Waals surface area contributed by atoms with Gasteiger partial charge in [0.15, 0.2) is 6.61 Å². The number of carbonyl (C=O) groups is 3.